The molecule has 0 amide bonds. The number of fused-ring (bicyclic) bond motifs is 11. The molecule has 11 rings (SSSR count). The Morgan fingerprint density at radius 2 is 0.868 bits per heavy atom. The van der Waals surface area contributed by atoms with E-state index in [1.54, 1.807) is 0 Å². The van der Waals surface area contributed by atoms with Gasteiger partial charge in [-0.1, -0.05) is 141 Å². The second kappa shape index (κ2) is 11.2. The molecule has 9 aromatic carbocycles. The molecule has 0 bridgehead atoms. The zero-order valence-electron chi connectivity index (χ0n) is 29.7. The number of rotatable bonds is 3. The van der Waals surface area contributed by atoms with Crippen LogP contribution in [0.2, 0.25) is 0 Å². The lowest BCUT2D eigenvalue weighted by molar-refractivity contribution is 0.631. The fourth-order valence-electron chi connectivity index (χ4n) is 9.20. The molecule has 2 nitrogen and oxygen atoms in total. The van der Waals surface area contributed by atoms with E-state index in [1.807, 2.05) is 0 Å². The summed E-state index contributed by atoms with van der Waals surface area (Å²) < 4.78 is 2.43. The molecular formula is C51H36N2. The minimum absolute atomic E-state index is 0.215. The van der Waals surface area contributed by atoms with E-state index < -0.39 is 0 Å². The van der Waals surface area contributed by atoms with E-state index in [-0.39, 0.29) is 5.41 Å². The van der Waals surface area contributed by atoms with Gasteiger partial charge >= 0.3 is 0 Å². The van der Waals surface area contributed by atoms with Gasteiger partial charge in [-0.25, -0.2) is 0 Å². The van der Waals surface area contributed by atoms with Gasteiger partial charge in [0, 0.05) is 27.6 Å². The molecule has 0 atom stereocenters. The first-order valence-corrected chi connectivity index (χ1v) is 18.5. The third-order valence-corrected chi connectivity index (χ3v) is 11.7. The minimum Gasteiger partial charge on any atom is -0.310 e. The lowest BCUT2D eigenvalue weighted by Gasteiger charge is -2.42. The van der Waals surface area contributed by atoms with Crippen molar-refractivity contribution in [1.82, 2.24) is 4.57 Å². The highest BCUT2D eigenvalue weighted by Crippen LogP contribution is 2.53. The van der Waals surface area contributed by atoms with Crippen molar-refractivity contribution in [2.45, 2.75) is 19.3 Å². The van der Waals surface area contributed by atoms with Crippen LogP contribution in [0.15, 0.2) is 182 Å². The smallest absolute Gasteiger partial charge is 0.0541 e. The van der Waals surface area contributed by atoms with Crippen LogP contribution in [0.4, 0.5) is 17.1 Å². The SMILES string of the molecule is CC1(C)c2ccccc2N(c2ccc3c4ccc(-c5ccccc5)cc4c4ccccc4c3c2)c2ccc(-n3c4ccccc4c4ccccc43)cc21. The van der Waals surface area contributed by atoms with Gasteiger partial charge in [-0.3, -0.25) is 0 Å². The van der Waals surface area contributed by atoms with E-state index in [1.165, 1.54) is 93.4 Å². The van der Waals surface area contributed by atoms with Crippen molar-refractivity contribution in [3.63, 3.8) is 0 Å². The molecule has 1 aromatic heterocycles. The topological polar surface area (TPSA) is 8.17 Å². The van der Waals surface area contributed by atoms with Gasteiger partial charge in [-0.2, -0.15) is 0 Å². The number of benzene rings is 9. The summed E-state index contributed by atoms with van der Waals surface area (Å²) in [4.78, 5) is 2.49. The molecule has 0 unspecified atom stereocenters. The van der Waals surface area contributed by atoms with Gasteiger partial charge in [0.2, 0.25) is 0 Å². The molecule has 10 aromatic rings. The van der Waals surface area contributed by atoms with Crippen LogP contribution in [0, 0.1) is 0 Å². The zero-order chi connectivity index (χ0) is 35.3. The number of hydrogen-bond acceptors (Lipinski definition) is 1. The highest BCUT2D eigenvalue weighted by atomic mass is 15.2. The van der Waals surface area contributed by atoms with Gasteiger partial charge < -0.3 is 9.47 Å². The van der Waals surface area contributed by atoms with Crippen LogP contribution in [-0.2, 0) is 5.41 Å². The fourth-order valence-corrected chi connectivity index (χ4v) is 9.20. The van der Waals surface area contributed by atoms with Crippen molar-refractivity contribution >= 4 is 71.2 Å². The molecule has 0 saturated heterocycles. The minimum atomic E-state index is -0.215. The molecular weight excluding hydrogens is 641 g/mol. The summed E-state index contributed by atoms with van der Waals surface area (Å²) in [6.07, 6.45) is 0. The Balaban J connectivity index is 1.14. The average molecular weight is 677 g/mol. The largest absolute Gasteiger partial charge is 0.310 e. The fraction of sp³-hybridized carbons (Fsp3) is 0.0588. The molecule has 53 heavy (non-hydrogen) atoms. The van der Waals surface area contributed by atoms with Gasteiger partial charge in [-0.15, -0.1) is 0 Å². The van der Waals surface area contributed by atoms with Crippen LogP contribution in [0.3, 0.4) is 0 Å². The van der Waals surface area contributed by atoms with Crippen molar-refractivity contribution in [2.75, 3.05) is 4.90 Å². The number of nitrogens with zero attached hydrogens (tertiary/aromatic N) is 2. The van der Waals surface area contributed by atoms with Crippen molar-refractivity contribution in [2.24, 2.45) is 0 Å². The number of para-hydroxylation sites is 3. The molecule has 0 N–H and O–H groups in total. The molecule has 0 aliphatic carbocycles. The molecule has 0 radical (unpaired) electrons. The molecule has 1 aliphatic rings. The van der Waals surface area contributed by atoms with E-state index in [4.69, 9.17) is 0 Å². The first-order valence-electron chi connectivity index (χ1n) is 18.5. The second-order valence-electron chi connectivity index (χ2n) is 15.0. The van der Waals surface area contributed by atoms with E-state index >= 15 is 0 Å². The van der Waals surface area contributed by atoms with Crippen LogP contribution >= 0.6 is 0 Å². The molecule has 0 fully saturated rings. The third-order valence-electron chi connectivity index (χ3n) is 11.7. The molecule has 1 aliphatic heterocycles. The summed E-state index contributed by atoms with van der Waals surface area (Å²) in [5, 5.41) is 10.2. The van der Waals surface area contributed by atoms with Crippen molar-refractivity contribution in [1.29, 1.82) is 0 Å². The Kier molecular flexibility index (Phi) is 6.33. The predicted octanol–water partition coefficient (Wildman–Crippen LogP) is 14.0. The Morgan fingerprint density at radius 1 is 0.340 bits per heavy atom. The summed E-state index contributed by atoms with van der Waals surface area (Å²) in [6, 6.07) is 67.2. The van der Waals surface area contributed by atoms with E-state index in [9.17, 15) is 0 Å². The Bertz CT molecular complexity index is 3020. The van der Waals surface area contributed by atoms with Crippen LogP contribution in [0.1, 0.15) is 25.0 Å². The lowest BCUT2D eigenvalue weighted by Crippen LogP contribution is -2.30. The van der Waals surface area contributed by atoms with Crippen LogP contribution in [0.5, 0.6) is 0 Å². The molecule has 0 saturated carbocycles. The maximum atomic E-state index is 2.49. The molecule has 0 spiro atoms. The van der Waals surface area contributed by atoms with E-state index in [2.05, 4.69) is 205 Å². The van der Waals surface area contributed by atoms with Gasteiger partial charge in [0.25, 0.3) is 0 Å². The van der Waals surface area contributed by atoms with Gasteiger partial charge in [0.1, 0.15) is 0 Å². The Labute approximate surface area is 308 Å². The van der Waals surface area contributed by atoms with Crippen molar-refractivity contribution in [3.05, 3.63) is 193 Å². The highest BCUT2D eigenvalue weighted by molar-refractivity contribution is 6.26. The average Bonchev–Trinajstić information content (AvgIpc) is 3.55. The van der Waals surface area contributed by atoms with Crippen molar-refractivity contribution < 1.29 is 0 Å². The van der Waals surface area contributed by atoms with Gasteiger partial charge in [0.05, 0.1) is 22.4 Å². The number of hydrogen-bond donors (Lipinski definition) is 0. The molecule has 2 heterocycles. The lowest BCUT2D eigenvalue weighted by atomic mass is 9.73. The van der Waals surface area contributed by atoms with Crippen LogP contribution < -0.4 is 4.90 Å². The number of anilines is 3. The quantitative estimate of drug-likeness (QED) is 0.169. The van der Waals surface area contributed by atoms with E-state index in [0.717, 1.165) is 5.69 Å². The van der Waals surface area contributed by atoms with Crippen LogP contribution in [-0.4, -0.2) is 4.57 Å². The maximum absolute atomic E-state index is 2.49. The second-order valence-corrected chi connectivity index (χ2v) is 15.0. The standard InChI is InChI=1S/C51H36N2/c1-51(2)45-20-10-13-23-49(45)53(50-29-26-36(32-46(50)51)52-47-21-11-8-18-41(47)42-19-9-12-22-48(42)52)35-25-28-40-39-27-24-34(33-14-4-3-5-15-33)30-43(39)37-16-6-7-17-38(37)44(40)31-35/h3-32H,1-2H3. The Hall–Kier alpha value is -6.64. The molecule has 250 valence electrons. The van der Waals surface area contributed by atoms with E-state index in [0.29, 0.717) is 0 Å². The maximum Gasteiger partial charge on any atom is 0.0541 e. The summed E-state index contributed by atoms with van der Waals surface area (Å²) in [5.74, 6) is 0. The van der Waals surface area contributed by atoms with Gasteiger partial charge in [0.15, 0.2) is 0 Å². The zero-order valence-corrected chi connectivity index (χ0v) is 29.7. The summed E-state index contributed by atoms with van der Waals surface area (Å²) >= 11 is 0. The van der Waals surface area contributed by atoms with Gasteiger partial charge in [-0.05, 0) is 109 Å². The van der Waals surface area contributed by atoms with Crippen LogP contribution in [0.25, 0.3) is 70.9 Å². The molecule has 2 heteroatoms. The third kappa shape index (κ3) is 4.33. The number of aromatic nitrogens is 1. The summed E-state index contributed by atoms with van der Waals surface area (Å²) in [7, 11) is 0. The first-order chi connectivity index (χ1) is 26.1. The highest BCUT2D eigenvalue weighted by Gasteiger charge is 2.37. The normalized spacial score (nSPS) is 13.6. The first kappa shape index (κ1) is 30.0. The monoisotopic (exact) mass is 676 g/mol. The Morgan fingerprint density at radius 3 is 1.58 bits per heavy atom. The summed E-state index contributed by atoms with van der Waals surface area (Å²) in [6.45, 7) is 4.75. The summed E-state index contributed by atoms with van der Waals surface area (Å²) in [5.41, 5.74) is 12.1. The predicted molar refractivity (Wildman–Crippen MR) is 226 cm³/mol. The van der Waals surface area contributed by atoms with Crippen molar-refractivity contribution in [3.8, 4) is 16.8 Å².